The lowest BCUT2D eigenvalue weighted by molar-refractivity contribution is 0.399. The Balaban J connectivity index is 1.77. The van der Waals surface area contributed by atoms with Crippen LogP contribution in [0.1, 0.15) is 37.7 Å². The average molecular weight is 358 g/mol. The molecular formula is C15H20BrNO2S. The fourth-order valence-electron chi connectivity index (χ4n) is 2.84. The van der Waals surface area contributed by atoms with E-state index in [-0.39, 0.29) is 5.25 Å². The molecule has 0 spiro atoms. The molecule has 3 rings (SSSR count). The molecule has 20 heavy (non-hydrogen) atoms. The smallest absolute Gasteiger partial charge is 0.182 e. The molecule has 0 radical (unpaired) electrons. The van der Waals surface area contributed by atoms with E-state index in [1.165, 1.54) is 24.8 Å². The van der Waals surface area contributed by atoms with Gasteiger partial charge in [0.15, 0.2) is 9.84 Å². The number of piperidine rings is 1. The third-order valence-corrected chi connectivity index (χ3v) is 7.40. The van der Waals surface area contributed by atoms with Crippen molar-refractivity contribution >= 4 is 25.8 Å². The summed E-state index contributed by atoms with van der Waals surface area (Å²) in [4.78, 5) is 0.459. The Morgan fingerprint density at radius 2 is 2.00 bits per heavy atom. The summed E-state index contributed by atoms with van der Waals surface area (Å²) in [5, 5.41) is 3.38. The number of sulfone groups is 1. The van der Waals surface area contributed by atoms with E-state index in [0.29, 0.717) is 10.9 Å². The zero-order chi connectivity index (χ0) is 14.2. The lowest BCUT2D eigenvalue weighted by Gasteiger charge is -2.23. The molecule has 1 heterocycles. The Hall–Kier alpha value is -0.390. The molecule has 1 aromatic carbocycles. The largest absolute Gasteiger partial charge is 0.314 e. The van der Waals surface area contributed by atoms with Crippen LogP contribution >= 0.6 is 15.9 Å². The second-order valence-corrected chi connectivity index (χ2v) is 8.91. The Bertz CT molecular complexity index is 590. The monoisotopic (exact) mass is 357 g/mol. The van der Waals surface area contributed by atoms with Crippen LogP contribution in [0.4, 0.5) is 0 Å². The van der Waals surface area contributed by atoms with E-state index in [4.69, 9.17) is 0 Å². The van der Waals surface area contributed by atoms with E-state index in [0.717, 1.165) is 30.3 Å². The molecule has 1 aliphatic heterocycles. The van der Waals surface area contributed by atoms with Gasteiger partial charge < -0.3 is 5.32 Å². The molecule has 2 aliphatic rings. The zero-order valence-electron chi connectivity index (χ0n) is 11.4. The van der Waals surface area contributed by atoms with Gasteiger partial charge in [0, 0.05) is 10.5 Å². The number of hydrogen-bond acceptors (Lipinski definition) is 3. The van der Waals surface area contributed by atoms with E-state index in [1.807, 2.05) is 12.1 Å². The highest BCUT2D eigenvalue weighted by Crippen LogP contribution is 2.36. The van der Waals surface area contributed by atoms with Gasteiger partial charge in [-0.2, -0.15) is 0 Å². The van der Waals surface area contributed by atoms with Crippen molar-refractivity contribution in [1.82, 2.24) is 5.32 Å². The molecule has 1 unspecified atom stereocenters. The van der Waals surface area contributed by atoms with E-state index in [2.05, 4.69) is 21.2 Å². The van der Waals surface area contributed by atoms with E-state index in [1.54, 1.807) is 6.07 Å². The summed E-state index contributed by atoms with van der Waals surface area (Å²) in [6.45, 7) is 1.10. The fraction of sp³-hybridized carbons (Fsp3) is 0.600. The minimum Gasteiger partial charge on any atom is -0.314 e. The first-order valence-electron chi connectivity index (χ1n) is 7.33. The Kier molecular flexibility index (Phi) is 4.20. The topological polar surface area (TPSA) is 46.2 Å². The molecule has 1 N–H and O–H groups in total. The minimum absolute atomic E-state index is 0.148. The predicted molar refractivity (Wildman–Crippen MR) is 83.7 cm³/mol. The molecule has 3 nitrogen and oxygen atoms in total. The highest BCUT2D eigenvalue weighted by molar-refractivity contribution is 9.10. The maximum absolute atomic E-state index is 12.3. The Morgan fingerprint density at radius 1 is 1.20 bits per heavy atom. The Morgan fingerprint density at radius 3 is 2.60 bits per heavy atom. The lowest BCUT2D eigenvalue weighted by atomic mass is 9.98. The highest BCUT2D eigenvalue weighted by atomic mass is 79.9. The maximum Gasteiger partial charge on any atom is 0.182 e. The quantitative estimate of drug-likeness (QED) is 0.900. The third kappa shape index (κ3) is 3.10. The van der Waals surface area contributed by atoms with Crippen LogP contribution in [-0.4, -0.2) is 26.3 Å². The number of rotatable bonds is 4. The van der Waals surface area contributed by atoms with E-state index in [9.17, 15) is 8.42 Å². The van der Waals surface area contributed by atoms with Crippen LogP contribution in [0.3, 0.4) is 0 Å². The average Bonchev–Trinajstić information content (AvgIpc) is 3.24. The van der Waals surface area contributed by atoms with E-state index < -0.39 is 9.84 Å². The summed E-state index contributed by atoms with van der Waals surface area (Å²) >= 11 is 3.44. The van der Waals surface area contributed by atoms with Gasteiger partial charge in [-0.1, -0.05) is 12.5 Å². The van der Waals surface area contributed by atoms with Crippen LogP contribution in [0.25, 0.3) is 0 Å². The second-order valence-electron chi connectivity index (χ2n) is 5.86. The molecule has 1 aromatic rings. The normalized spacial score (nSPS) is 23.8. The molecule has 1 atom stereocenters. The molecule has 0 amide bonds. The summed E-state index contributed by atoms with van der Waals surface area (Å²) in [6, 6.07) is 6.25. The summed E-state index contributed by atoms with van der Waals surface area (Å²) < 4.78 is 25.3. The zero-order valence-corrected chi connectivity index (χ0v) is 13.8. The van der Waals surface area contributed by atoms with Crippen LogP contribution in [0.15, 0.2) is 27.6 Å². The predicted octanol–water partition coefficient (Wildman–Crippen LogP) is 3.07. The van der Waals surface area contributed by atoms with Crippen molar-refractivity contribution in [3.05, 3.63) is 28.2 Å². The molecule has 1 saturated carbocycles. The first-order chi connectivity index (χ1) is 9.57. The van der Waals surface area contributed by atoms with Gasteiger partial charge >= 0.3 is 0 Å². The fourth-order valence-corrected chi connectivity index (χ4v) is 5.65. The molecule has 1 saturated heterocycles. The molecule has 110 valence electrons. The van der Waals surface area contributed by atoms with E-state index >= 15 is 0 Å². The molecule has 0 aromatic heterocycles. The highest BCUT2D eigenvalue weighted by Gasteiger charge is 2.37. The van der Waals surface area contributed by atoms with Crippen LogP contribution in [0.2, 0.25) is 0 Å². The van der Waals surface area contributed by atoms with Crippen molar-refractivity contribution in [2.75, 3.05) is 6.54 Å². The first kappa shape index (κ1) is 14.5. The van der Waals surface area contributed by atoms with Gasteiger partial charge in [-0.15, -0.1) is 0 Å². The van der Waals surface area contributed by atoms with Gasteiger partial charge in [0.05, 0.1) is 10.1 Å². The van der Waals surface area contributed by atoms with Crippen LogP contribution < -0.4 is 5.32 Å². The van der Waals surface area contributed by atoms with Crippen molar-refractivity contribution in [2.45, 2.75) is 54.7 Å². The molecular weight excluding hydrogens is 338 g/mol. The van der Waals surface area contributed by atoms with Crippen molar-refractivity contribution in [2.24, 2.45) is 0 Å². The van der Waals surface area contributed by atoms with Crippen LogP contribution in [-0.2, 0) is 16.3 Å². The number of hydrogen-bond donors (Lipinski definition) is 1. The number of nitrogens with one attached hydrogen (secondary N) is 1. The van der Waals surface area contributed by atoms with Gasteiger partial charge in [-0.3, -0.25) is 0 Å². The van der Waals surface area contributed by atoms with Gasteiger partial charge in [-0.25, -0.2) is 8.42 Å². The van der Waals surface area contributed by atoms with Gasteiger partial charge in [-0.05, 0) is 72.3 Å². The van der Waals surface area contributed by atoms with Crippen molar-refractivity contribution in [3.8, 4) is 0 Å². The SMILES string of the molecule is O=S(=O)(c1ccc(CC2CCCCN2)cc1Br)C1CC1. The summed E-state index contributed by atoms with van der Waals surface area (Å²) in [7, 11) is -3.11. The Labute approximate surface area is 129 Å². The first-order valence-corrected chi connectivity index (χ1v) is 9.67. The maximum atomic E-state index is 12.3. The molecule has 0 bridgehead atoms. The molecule has 2 fully saturated rings. The standard InChI is InChI=1S/C15H20BrNO2S/c16-14-10-11(9-12-3-1-2-8-17-12)4-7-15(14)20(18,19)13-5-6-13/h4,7,10,12-13,17H,1-3,5-6,8-9H2. The molecule has 5 heteroatoms. The van der Waals surface area contributed by atoms with Crippen LogP contribution in [0, 0.1) is 0 Å². The summed E-state index contributed by atoms with van der Waals surface area (Å²) in [6.07, 6.45) is 6.35. The van der Waals surface area contributed by atoms with Crippen molar-refractivity contribution < 1.29 is 8.42 Å². The summed E-state index contributed by atoms with van der Waals surface area (Å²) in [5.74, 6) is 0. The number of halogens is 1. The third-order valence-electron chi connectivity index (χ3n) is 4.16. The van der Waals surface area contributed by atoms with Crippen molar-refractivity contribution in [1.29, 1.82) is 0 Å². The minimum atomic E-state index is -3.11. The van der Waals surface area contributed by atoms with Gasteiger partial charge in [0.2, 0.25) is 0 Å². The lowest BCUT2D eigenvalue weighted by Crippen LogP contribution is -2.35. The van der Waals surface area contributed by atoms with Gasteiger partial charge in [0.25, 0.3) is 0 Å². The number of benzene rings is 1. The van der Waals surface area contributed by atoms with Crippen molar-refractivity contribution in [3.63, 3.8) is 0 Å². The van der Waals surface area contributed by atoms with Crippen LogP contribution in [0.5, 0.6) is 0 Å². The second kappa shape index (κ2) is 5.78. The summed E-state index contributed by atoms with van der Waals surface area (Å²) in [5.41, 5.74) is 1.20. The van der Waals surface area contributed by atoms with Gasteiger partial charge in [0.1, 0.15) is 0 Å². The molecule has 1 aliphatic carbocycles.